The van der Waals surface area contributed by atoms with Crippen molar-refractivity contribution >= 4 is 34.3 Å². The molecule has 190 valence electrons. The van der Waals surface area contributed by atoms with Crippen molar-refractivity contribution in [1.29, 1.82) is 0 Å². The van der Waals surface area contributed by atoms with Gasteiger partial charge in [-0.05, 0) is 47.5 Å². The molecule has 0 saturated heterocycles. The number of anilines is 2. The summed E-state index contributed by atoms with van der Waals surface area (Å²) in [6, 6.07) is 28.5. The molecule has 38 heavy (non-hydrogen) atoms. The third kappa shape index (κ3) is 5.67. The molecule has 1 amide bonds. The van der Waals surface area contributed by atoms with Crippen LogP contribution < -0.4 is 10.6 Å². The highest BCUT2D eigenvalue weighted by Crippen LogP contribution is 2.23. The van der Waals surface area contributed by atoms with E-state index in [9.17, 15) is 19.3 Å². The number of non-ortho nitro benzene ring substituents is 1. The SMILES string of the molecule is O=C(Nc1ccc([N+](=O)[O-])cc1)[C@H](Cc1ccccc1)Nc1nc2ccccc2n1Cc1ccc(F)cc1. The summed E-state index contributed by atoms with van der Waals surface area (Å²) in [4.78, 5) is 28.7. The van der Waals surface area contributed by atoms with Crippen molar-refractivity contribution < 1.29 is 14.1 Å². The molecule has 0 aliphatic carbocycles. The van der Waals surface area contributed by atoms with E-state index in [0.29, 0.717) is 24.6 Å². The average Bonchev–Trinajstić information content (AvgIpc) is 3.27. The maximum atomic E-state index is 13.5. The van der Waals surface area contributed by atoms with Gasteiger partial charge >= 0.3 is 0 Å². The fraction of sp³-hybridized carbons (Fsp3) is 0.103. The Labute approximate surface area is 217 Å². The van der Waals surface area contributed by atoms with Gasteiger partial charge in [-0.25, -0.2) is 9.37 Å². The lowest BCUT2D eigenvalue weighted by Gasteiger charge is -2.20. The topological polar surface area (TPSA) is 102 Å². The van der Waals surface area contributed by atoms with E-state index >= 15 is 0 Å². The summed E-state index contributed by atoms with van der Waals surface area (Å²) >= 11 is 0. The Morgan fingerprint density at radius 1 is 0.895 bits per heavy atom. The van der Waals surface area contributed by atoms with Crippen LogP contribution in [0.5, 0.6) is 0 Å². The zero-order valence-corrected chi connectivity index (χ0v) is 20.3. The van der Waals surface area contributed by atoms with Crippen molar-refractivity contribution in [3.05, 3.63) is 130 Å². The third-order valence-corrected chi connectivity index (χ3v) is 6.16. The molecule has 0 radical (unpaired) electrons. The average molecular weight is 510 g/mol. The molecule has 0 bridgehead atoms. The van der Waals surface area contributed by atoms with Crippen molar-refractivity contribution in [3.63, 3.8) is 0 Å². The Morgan fingerprint density at radius 3 is 2.29 bits per heavy atom. The highest BCUT2D eigenvalue weighted by Gasteiger charge is 2.23. The van der Waals surface area contributed by atoms with E-state index in [2.05, 4.69) is 10.6 Å². The van der Waals surface area contributed by atoms with E-state index in [0.717, 1.165) is 22.2 Å². The van der Waals surface area contributed by atoms with Crippen molar-refractivity contribution in [3.8, 4) is 0 Å². The number of nitro benzene ring substituents is 1. The number of hydrogen-bond donors (Lipinski definition) is 2. The van der Waals surface area contributed by atoms with Gasteiger partial charge in [-0.1, -0.05) is 54.6 Å². The lowest BCUT2D eigenvalue weighted by molar-refractivity contribution is -0.384. The molecule has 5 rings (SSSR count). The minimum Gasteiger partial charge on any atom is -0.343 e. The molecule has 9 heteroatoms. The highest BCUT2D eigenvalue weighted by atomic mass is 19.1. The molecular formula is C29H24FN5O3. The van der Waals surface area contributed by atoms with Crippen LogP contribution in [0.25, 0.3) is 11.0 Å². The van der Waals surface area contributed by atoms with Gasteiger partial charge < -0.3 is 15.2 Å². The van der Waals surface area contributed by atoms with Crippen LogP contribution in [0.1, 0.15) is 11.1 Å². The van der Waals surface area contributed by atoms with Crippen LogP contribution in [-0.2, 0) is 17.8 Å². The van der Waals surface area contributed by atoms with E-state index in [4.69, 9.17) is 4.98 Å². The summed E-state index contributed by atoms with van der Waals surface area (Å²) in [6.45, 7) is 0.422. The fourth-order valence-corrected chi connectivity index (χ4v) is 4.23. The van der Waals surface area contributed by atoms with Crippen LogP contribution in [0.15, 0.2) is 103 Å². The van der Waals surface area contributed by atoms with Gasteiger partial charge in [0, 0.05) is 24.2 Å². The van der Waals surface area contributed by atoms with E-state index in [1.54, 1.807) is 12.1 Å². The number of halogens is 1. The molecule has 1 aromatic heterocycles. The second-order valence-electron chi connectivity index (χ2n) is 8.82. The normalized spacial score (nSPS) is 11.7. The van der Waals surface area contributed by atoms with Gasteiger partial charge in [0.05, 0.1) is 22.5 Å². The molecule has 0 saturated carbocycles. The molecule has 5 aromatic rings. The minimum atomic E-state index is -0.712. The predicted octanol–water partition coefficient (Wildman–Crippen LogP) is 5.79. The first kappa shape index (κ1) is 24.6. The van der Waals surface area contributed by atoms with Crippen LogP contribution >= 0.6 is 0 Å². The number of nitrogens with one attached hydrogen (secondary N) is 2. The van der Waals surface area contributed by atoms with Crippen LogP contribution in [0.4, 0.5) is 21.7 Å². The zero-order valence-electron chi connectivity index (χ0n) is 20.3. The Balaban J connectivity index is 1.46. The van der Waals surface area contributed by atoms with Gasteiger partial charge in [-0.15, -0.1) is 0 Å². The van der Waals surface area contributed by atoms with E-state index in [1.807, 2.05) is 59.2 Å². The van der Waals surface area contributed by atoms with E-state index in [1.165, 1.54) is 36.4 Å². The molecule has 2 N–H and O–H groups in total. The van der Waals surface area contributed by atoms with Crippen LogP contribution in [0.2, 0.25) is 0 Å². The number of rotatable bonds is 9. The summed E-state index contributed by atoms with van der Waals surface area (Å²) < 4.78 is 15.5. The summed E-state index contributed by atoms with van der Waals surface area (Å²) in [5, 5.41) is 17.2. The predicted molar refractivity (Wildman–Crippen MR) is 145 cm³/mol. The van der Waals surface area contributed by atoms with Crippen molar-refractivity contribution in [1.82, 2.24) is 9.55 Å². The van der Waals surface area contributed by atoms with Crippen molar-refractivity contribution in [2.24, 2.45) is 0 Å². The van der Waals surface area contributed by atoms with Crippen LogP contribution in [-0.4, -0.2) is 26.4 Å². The number of carbonyl (C=O) groups excluding carboxylic acids is 1. The first-order chi connectivity index (χ1) is 18.5. The lowest BCUT2D eigenvalue weighted by atomic mass is 10.1. The Bertz CT molecular complexity index is 1570. The van der Waals surface area contributed by atoms with Gasteiger partial charge in [0.15, 0.2) is 0 Å². The maximum Gasteiger partial charge on any atom is 0.269 e. The summed E-state index contributed by atoms with van der Waals surface area (Å²) in [7, 11) is 0. The number of para-hydroxylation sites is 2. The molecule has 1 atom stereocenters. The quantitative estimate of drug-likeness (QED) is 0.193. The molecular weight excluding hydrogens is 485 g/mol. The largest absolute Gasteiger partial charge is 0.343 e. The number of hydrogen-bond acceptors (Lipinski definition) is 5. The van der Waals surface area contributed by atoms with Gasteiger partial charge in [-0.2, -0.15) is 0 Å². The van der Waals surface area contributed by atoms with Crippen LogP contribution in [0, 0.1) is 15.9 Å². The van der Waals surface area contributed by atoms with Crippen molar-refractivity contribution in [2.45, 2.75) is 19.0 Å². The van der Waals surface area contributed by atoms with Crippen LogP contribution in [0.3, 0.4) is 0 Å². The second kappa shape index (κ2) is 10.9. The number of imidazole rings is 1. The zero-order chi connectivity index (χ0) is 26.5. The van der Waals surface area contributed by atoms with Crippen molar-refractivity contribution in [2.75, 3.05) is 10.6 Å². The maximum absolute atomic E-state index is 13.5. The lowest BCUT2D eigenvalue weighted by Crippen LogP contribution is -2.37. The first-order valence-electron chi connectivity index (χ1n) is 12.0. The molecule has 0 aliphatic rings. The van der Waals surface area contributed by atoms with Gasteiger partial charge in [0.1, 0.15) is 11.9 Å². The minimum absolute atomic E-state index is 0.0588. The first-order valence-corrected chi connectivity index (χ1v) is 12.0. The number of benzene rings is 4. The number of aromatic nitrogens is 2. The molecule has 0 fully saturated rings. The number of nitro groups is 1. The highest BCUT2D eigenvalue weighted by molar-refractivity contribution is 5.97. The van der Waals surface area contributed by atoms with Gasteiger partial charge in [0.2, 0.25) is 11.9 Å². The Morgan fingerprint density at radius 2 is 1.58 bits per heavy atom. The summed E-state index contributed by atoms with van der Waals surface area (Å²) in [5.41, 5.74) is 3.84. The number of fused-ring (bicyclic) bond motifs is 1. The Kier molecular flexibility index (Phi) is 7.08. The standard InChI is InChI=1S/C29H24FN5O3/c30-22-12-10-21(11-13-22)19-34-27-9-5-4-8-25(27)32-29(34)33-26(18-20-6-2-1-3-7-20)28(36)31-23-14-16-24(17-15-23)35(37)38/h1-17,26H,18-19H2,(H,31,36)(H,32,33)/t26-/m0/s1. The molecule has 8 nitrogen and oxygen atoms in total. The Hall–Kier alpha value is -5.05. The number of amides is 1. The molecule has 0 spiro atoms. The van der Waals surface area contributed by atoms with E-state index in [-0.39, 0.29) is 17.4 Å². The number of carbonyl (C=O) groups is 1. The number of nitrogens with zero attached hydrogens (tertiary/aromatic N) is 3. The molecule has 1 heterocycles. The molecule has 0 unspecified atom stereocenters. The smallest absolute Gasteiger partial charge is 0.269 e. The second-order valence-corrected chi connectivity index (χ2v) is 8.82. The summed E-state index contributed by atoms with van der Waals surface area (Å²) in [5.74, 6) is -0.133. The monoisotopic (exact) mass is 509 g/mol. The van der Waals surface area contributed by atoms with E-state index < -0.39 is 11.0 Å². The summed E-state index contributed by atoms with van der Waals surface area (Å²) in [6.07, 6.45) is 0.374. The molecule has 0 aliphatic heterocycles. The molecule has 4 aromatic carbocycles. The fourth-order valence-electron chi connectivity index (χ4n) is 4.23. The third-order valence-electron chi connectivity index (χ3n) is 6.16. The van der Waals surface area contributed by atoms with Gasteiger partial charge in [0.25, 0.3) is 5.69 Å². The van der Waals surface area contributed by atoms with Gasteiger partial charge in [-0.3, -0.25) is 14.9 Å².